The fraction of sp³-hybridized carbons (Fsp3) is 0.385. The number of benzene rings is 1. The molecule has 0 amide bonds. The molecule has 1 spiro atoms. The predicted octanol–water partition coefficient (Wildman–Crippen LogP) is 1.45. The highest BCUT2D eigenvalue weighted by molar-refractivity contribution is 6.05. The van der Waals surface area contributed by atoms with Crippen LogP contribution in [0.5, 0.6) is 5.75 Å². The fourth-order valence-electron chi connectivity index (χ4n) is 2.69. The molecule has 1 unspecified atom stereocenters. The van der Waals surface area contributed by atoms with Crippen LogP contribution in [0.2, 0.25) is 0 Å². The maximum Gasteiger partial charge on any atom is 0.306 e. The molecule has 0 bridgehead atoms. The molecular weight excluding hydrogens is 220 g/mol. The Kier molecular flexibility index (Phi) is 2.02. The van der Waals surface area contributed by atoms with Crippen LogP contribution in [0, 0.1) is 5.41 Å². The van der Waals surface area contributed by atoms with Crippen LogP contribution in [-0.4, -0.2) is 23.5 Å². The van der Waals surface area contributed by atoms with Gasteiger partial charge in [-0.1, -0.05) is 0 Å². The van der Waals surface area contributed by atoms with Gasteiger partial charge in [-0.2, -0.15) is 0 Å². The maximum atomic E-state index is 12.4. The van der Waals surface area contributed by atoms with Crippen molar-refractivity contribution in [2.24, 2.45) is 5.41 Å². The first-order valence-corrected chi connectivity index (χ1v) is 5.63. The lowest BCUT2D eigenvalue weighted by atomic mass is 9.70. The molecule has 17 heavy (non-hydrogen) atoms. The minimum absolute atomic E-state index is 0.0235. The van der Waals surface area contributed by atoms with Crippen LogP contribution in [-0.2, 0) is 16.0 Å². The van der Waals surface area contributed by atoms with E-state index in [4.69, 9.17) is 4.74 Å². The number of cyclic esters (lactones) is 1. The zero-order valence-corrected chi connectivity index (χ0v) is 9.23. The Labute approximate surface area is 98.2 Å². The molecule has 1 aromatic rings. The molecule has 1 saturated heterocycles. The van der Waals surface area contributed by atoms with Gasteiger partial charge in [-0.15, -0.1) is 0 Å². The molecule has 1 aliphatic carbocycles. The molecule has 0 radical (unpaired) electrons. The number of carbonyl (C=O) groups excluding carboxylic acids is 2. The summed E-state index contributed by atoms with van der Waals surface area (Å²) in [5.41, 5.74) is 0.827. The van der Waals surface area contributed by atoms with E-state index in [9.17, 15) is 14.7 Å². The number of phenols is 1. The largest absolute Gasteiger partial charge is 0.508 e. The minimum atomic E-state index is -0.652. The monoisotopic (exact) mass is 232 g/mol. The van der Waals surface area contributed by atoms with Crippen molar-refractivity contribution in [2.45, 2.75) is 19.3 Å². The standard InChI is InChI=1S/C13H12O4/c14-9-1-2-10-8(5-9)3-4-13(12(10)16)6-11(15)17-7-13/h1-2,5,14H,3-4,6-7H2. The van der Waals surface area contributed by atoms with E-state index < -0.39 is 5.41 Å². The number of aryl methyl sites for hydroxylation is 1. The lowest BCUT2D eigenvalue weighted by Gasteiger charge is -2.30. The molecule has 1 aliphatic heterocycles. The van der Waals surface area contributed by atoms with Gasteiger partial charge in [0.05, 0.1) is 11.8 Å². The molecule has 1 fully saturated rings. The molecule has 2 aliphatic rings. The second-order valence-electron chi connectivity index (χ2n) is 4.79. The molecular formula is C13H12O4. The van der Waals surface area contributed by atoms with Crippen LogP contribution < -0.4 is 0 Å². The molecule has 1 atom stereocenters. The van der Waals surface area contributed by atoms with E-state index in [1.54, 1.807) is 12.1 Å². The van der Waals surface area contributed by atoms with E-state index in [-0.39, 0.29) is 30.5 Å². The summed E-state index contributed by atoms with van der Waals surface area (Å²) in [6, 6.07) is 4.77. The highest BCUT2D eigenvalue weighted by Crippen LogP contribution is 2.42. The number of Topliss-reactive ketones (excluding diaryl/α,β-unsaturated/α-hetero) is 1. The van der Waals surface area contributed by atoms with E-state index in [1.807, 2.05) is 0 Å². The van der Waals surface area contributed by atoms with Crippen LogP contribution in [0.3, 0.4) is 0 Å². The normalized spacial score (nSPS) is 27.1. The number of ether oxygens (including phenoxy) is 1. The van der Waals surface area contributed by atoms with E-state index in [2.05, 4.69) is 0 Å². The molecule has 0 saturated carbocycles. The van der Waals surface area contributed by atoms with E-state index >= 15 is 0 Å². The molecule has 4 heteroatoms. The zero-order valence-electron chi connectivity index (χ0n) is 9.23. The Morgan fingerprint density at radius 3 is 2.82 bits per heavy atom. The third-order valence-electron chi connectivity index (χ3n) is 3.68. The molecule has 1 heterocycles. The second kappa shape index (κ2) is 3.32. The van der Waals surface area contributed by atoms with Gasteiger partial charge in [0.15, 0.2) is 5.78 Å². The summed E-state index contributed by atoms with van der Waals surface area (Å²) in [7, 11) is 0. The highest BCUT2D eigenvalue weighted by atomic mass is 16.5. The van der Waals surface area contributed by atoms with Gasteiger partial charge < -0.3 is 9.84 Å². The van der Waals surface area contributed by atoms with Gasteiger partial charge in [0.2, 0.25) is 0 Å². The lowest BCUT2D eigenvalue weighted by Crippen LogP contribution is -2.36. The first-order chi connectivity index (χ1) is 8.11. The summed E-state index contributed by atoms with van der Waals surface area (Å²) in [6.45, 7) is 0.199. The molecule has 4 nitrogen and oxygen atoms in total. The Hall–Kier alpha value is -1.84. The first kappa shape index (κ1) is 10.3. The van der Waals surface area contributed by atoms with Gasteiger partial charge in [-0.3, -0.25) is 9.59 Å². The third-order valence-corrected chi connectivity index (χ3v) is 3.68. The molecule has 3 rings (SSSR count). The number of carbonyl (C=O) groups is 2. The maximum absolute atomic E-state index is 12.4. The number of aromatic hydroxyl groups is 1. The second-order valence-corrected chi connectivity index (χ2v) is 4.79. The topological polar surface area (TPSA) is 63.6 Å². The summed E-state index contributed by atoms with van der Waals surface area (Å²) in [5.74, 6) is -0.142. The average Bonchev–Trinajstić information content (AvgIpc) is 2.67. The summed E-state index contributed by atoms with van der Waals surface area (Å²) in [5, 5.41) is 9.38. The van der Waals surface area contributed by atoms with Crippen molar-refractivity contribution in [3.63, 3.8) is 0 Å². The number of hydrogen-bond donors (Lipinski definition) is 1. The third kappa shape index (κ3) is 1.44. The van der Waals surface area contributed by atoms with Crippen molar-refractivity contribution < 1.29 is 19.4 Å². The number of ketones is 1. The smallest absolute Gasteiger partial charge is 0.306 e. The number of hydrogen-bond acceptors (Lipinski definition) is 4. The minimum Gasteiger partial charge on any atom is -0.508 e. The Morgan fingerprint density at radius 1 is 1.29 bits per heavy atom. The Bertz CT molecular complexity index is 520. The highest BCUT2D eigenvalue weighted by Gasteiger charge is 2.49. The summed E-state index contributed by atoms with van der Waals surface area (Å²) in [6.07, 6.45) is 1.51. The van der Waals surface area contributed by atoms with Crippen molar-refractivity contribution in [1.82, 2.24) is 0 Å². The van der Waals surface area contributed by atoms with Gasteiger partial charge >= 0.3 is 5.97 Å². The molecule has 0 aromatic heterocycles. The van der Waals surface area contributed by atoms with Crippen molar-refractivity contribution in [2.75, 3.05) is 6.61 Å². The van der Waals surface area contributed by atoms with E-state index in [0.717, 1.165) is 5.56 Å². The molecule has 88 valence electrons. The summed E-state index contributed by atoms with van der Waals surface area (Å²) in [4.78, 5) is 23.6. The van der Waals surface area contributed by atoms with E-state index in [0.29, 0.717) is 18.4 Å². The summed E-state index contributed by atoms with van der Waals surface area (Å²) >= 11 is 0. The van der Waals surface area contributed by atoms with Crippen molar-refractivity contribution >= 4 is 11.8 Å². The predicted molar refractivity (Wildman–Crippen MR) is 58.8 cm³/mol. The number of rotatable bonds is 0. The van der Waals surface area contributed by atoms with Crippen molar-refractivity contribution in [3.05, 3.63) is 29.3 Å². The van der Waals surface area contributed by atoms with Crippen LogP contribution in [0.15, 0.2) is 18.2 Å². The fourth-order valence-corrected chi connectivity index (χ4v) is 2.69. The van der Waals surface area contributed by atoms with Crippen molar-refractivity contribution in [3.8, 4) is 5.75 Å². The zero-order chi connectivity index (χ0) is 12.0. The summed E-state index contributed by atoms with van der Waals surface area (Å²) < 4.78 is 4.95. The molecule has 1 aromatic carbocycles. The Morgan fingerprint density at radius 2 is 2.12 bits per heavy atom. The number of fused-ring (bicyclic) bond motifs is 1. The van der Waals surface area contributed by atoms with Gasteiger partial charge in [-0.05, 0) is 36.6 Å². The number of phenolic OH excluding ortho intramolecular Hbond substituents is 1. The molecule has 1 N–H and O–H groups in total. The van der Waals surface area contributed by atoms with Crippen LogP contribution in [0.25, 0.3) is 0 Å². The first-order valence-electron chi connectivity index (χ1n) is 5.63. The van der Waals surface area contributed by atoms with Crippen molar-refractivity contribution in [1.29, 1.82) is 0 Å². The van der Waals surface area contributed by atoms with Crippen LogP contribution >= 0.6 is 0 Å². The number of esters is 1. The van der Waals surface area contributed by atoms with E-state index in [1.165, 1.54) is 6.07 Å². The van der Waals surface area contributed by atoms with Crippen LogP contribution in [0.1, 0.15) is 28.8 Å². The van der Waals surface area contributed by atoms with Gasteiger partial charge in [0, 0.05) is 5.56 Å². The van der Waals surface area contributed by atoms with Gasteiger partial charge in [0.1, 0.15) is 12.4 Å². The SMILES string of the molecule is O=C1CC2(CCc3cc(O)ccc3C2=O)CO1. The van der Waals surface area contributed by atoms with Crippen LogP contribution in [0.4, 0.5) is 0 Å². The lowest BCUT2D eigenvalue weighted by molar-refractivity contribution is -0.137. The van der Waals surface area contributed by atoms with Gasteiger partial charge in [0.25, 0.3) is 0 Å². The average molecular weight is 232 g/mol. The van der Waals surface area contributed by atoms with Gasteiger partial charge in [-0.25, -0.2) is 0 Å². The Balaban J connectivity index is 2.04. The quantitative estimate of drug-likeness (QED) is 0.688.